The summed E-state index contributed by atoms with van der Waals surface area (Å²) in [5, 5.41) is 4.36. The van der Waals surface area contributed by atoms with Crippen LogP contribution in [0.1, 0.15) is 57.4 Å². The zero-order valence-corrected chi connectivity index (χ0v) is 16.6. The molecule has 4 saturated carbocycles. The number of benzene rings is 1. The second kappa shape index (κ2) is 7.17. The van der Waals surface area contributed by atoms with E-state index in [4.69, 9.17) is 9.47 Å². The molecular weight excluding hydrogens is 340 g/mol. The first kappa shape index (κ1) is 18.3. The molecular formula is C22H30N2O3. The van der Waals surface area contributed by atoms with Gasteiger partial charge in [0.25, 0.3) is 0 Å². The van der Waals surface area contributed by atoms with Crippen molar-refractivity contribution >= 4 is 11.6 Å². The third-order valence-corrected chi connectivity index (χ3v) is 6.85. The Kier molecular flexibility index (Phi) is 4.87. The molecule has 1 N–H and O–H groups in total. The summed E-state index contributed by atoms with van der Waals surface area (Å²) in [5.74, 6) is 4.06. The predicted octanol–water partition coefficient (Wildman–Crippen LogP) is 4.15. The monoisotopic (exact) mass is 370 g/mol. The van der Waals surface area contributed by atoms with Crippen LogP contribution in [0.3, 0.4) is 0 Å². The van der Waals surface area contributed by atoms with E-state index in [-0.39, 0.29) is 11.3 Å². The number of hydrogen-bond donors (Lipinski definition) is 1. The first-order valence-electron chi connectivity index (χ1n) is 10.1. The molecule has 4 fully saturated rings. The van der Waals surface area contributed by atoms with Crippen LogP contribution in [0, 0.1) is 23.2 Å². The molecule has 0 atom stereocenters. The van der Waals surface area contributed by atoms with Gasteiger partial charge in [0, 0.05) is 12.0 Å². The summed E-state index contributed by atoms with van der Waals surface area (Å²) < 4.78 is 10.7. The molecule has 0 spiro atoms. The predicted molar refractivity (Wildman–Crippen MR) is 105 cm³/mol. The molecule has 4 bridgehead atoms. The minimum absolute atomic E-state index is 0.0400. The molecule has 0 heterocycles. The fraction of sp³-hybridized carbons (Fsp3) is 0.636. The van der Waals surface area contributed by atoms with Gasteiger partial charge in [0.1, 0.15) is 11.5 Å². The zero-order valence-electron chi connectivity index (χ0n) is 16.6. The number of carbonyl (C=O) groups is 1. The number of amides is 1. The molecule has 5 rings (SSSR count). The van der Waals surface area contributed by atoms with Gasteiger partial charge >= 0.3 is 0 Å². The first-order chi connectivity index (χ1) is 13.0. The van der Waals surface area contributed by atoms with Crippen LogP contribution in [0.25, 0.3) is 0 Å². The molecule has 4 aliphatic rings. The van der Waals surface area contributed by atoms with Crippen molar-refractivity contribution in [1.82, 2.24) is 5.43 Å². The molecule has 4 aliphatic carbocycles. The number of methoxy groups -OCH3 is 2. The van der Waals surface area contributed by atoms with E-state index in [0.717, 1.165) is 29.1 Å². The van der Waals surface area contributed by atoms with Gasteiger partial charge in [-0.1, -0.05) is 0 Å². The van der Waals surface area contributed by atoms with Gasteiger partial charge in [-0.05, 0) is 86.8 Å². The third kappa shape index (κ3) is 3.69. The Labute approximate surface area is 161 Å². The lowest BCUT2D eigenvalue weighted by Gasteiger charge is -2.56. The van der Waals surface area contributed by atoms with Crippen molar-refractivity contribution < 1.29 is 14.3 Å². The summed E-state index contributed by atoms with van der Waals surface area (Å²) in [6, 6.07) is 5.58. The van der Waals surface area contributed by atoms with E-state index in [2.05, 4.69) is 10.5 Å². The summed E-state index contributed by atoms with van der Waals surface area (Å²) in [5.41, 5.74) is 4.57. The molecule has 0 unspecified atom stereocenters. The highest BCUT2D eigenvalue weighted by atomic mass is 16.5. The minimum Gasteiger partial charge on any atom is -0.497 e. The summed E-state index contributed by atoms with van der Waals surface area (Å²) in [7, 11) is 3.26. The Morgan fingerprint density at radius 3 is 2.30 bits per heavy atom. The standard InChI is InChI=1S/C22H30N2O3/c1-14(19-9-18(26-2)4-5-20(19)27-3)23-24-21(25)13-22-10-15-6-16(11-22)8-17(7-15)12-22/h4-5,9,15-17H,6-8,10-13H2,1-3H3,(H,24,25)/b23-14+. The Hall–Kier alpha value is -2.04. The Morgan fingerprint density at radius 1 is 1.11 bits per heavy atom. The smallest absolute Gasteiger partial charge is 0.240 e. The van der Waals surface area contributed by atoms with E-state index < -0.39 is 0 Å². The maximum Gasteiger partial charge on any atom is 0.240 e. The van der Waals surface area contributed by atoms with Gasteiger partial charge < -0.3 is 9.47 Å². The second-order valence-electron chi connectivity index (χ2n) is 8.89. The molecule has 0 aromatic heterocycles. The third-order valence-electron chi connectivity index (χ3n) is 6.85. The van der Waals surface area contributed by atoms with Crippen LogP contribution in [-0.2, 0) is 4.79 Å². The molecule has 27 heavy (non-hydrogen) atoms. The number of nitrogens with one attached hydrogen (secondary N) is 1. The number of hydrazone groups is 1. The fourth-order valence-electron chi connectivity index (χ4n) is 6.19. The van der Waals surface area contributed by atoms with Gasteiger partial charge in [0.2, 0.25) is 5.91 Å². The van der Waals surface area contributed by atoms with Crippen LogP contribution >= 0.6 is 0 Å². The maximum atomic E-state index is 12.7. The Balaban J connectivity index is 1.43. The van der Waals surface area contributed by atoms with Crippen molar-refractivity contribution in [1.29, 1.82) is 0 Å². The van der Waals surface area contributed by atoms with Crippen LogP contribution in [-0.4, -0.2) is 25.8 Å². The van der Waals surface area contributed by atoms with Gasteiger partial charge in [-0.25, -0.2) is 5.43 Å². The van der Waals surface area contributed by atoms with Crippen molar-refractivity contribution in [2.75, 3.05) is 14.2 Å². The first-order valence-corrected chi connectivity index (χ1v) is 10.1. The molecule has 1 aromatic rings. The number of carbonyl (C=O) groups excluding carboxylic acids is 1. The van der Waals surface area contributed by atoms with E-state index in [1.54, 1.807) is 14.2 Å². The summed E-state index contributed by atoms with van der Waals surface area (Å²) >= 11 is 0. The molecule has 1 amide bonds. The fourth-order valence-corrected chi connectivity index (χ4v) is 6.19. The number of hydrogen-bond acceptors (Lipinski definition) is 4. The maximum absolute atomic E-state index is 12.7. The van der Waals surface area contributed by atoms with Crippen molar-refractivity contribution in [3.8, 4) is 11.5 Å². The molecule has 0 radical (unpaired) electrons. The van der Waals surface area contributed by atoms with Crippen molar-refractivity contribution in [2.45, 2.75) is 51.9 Å². The SMILES string of the molecule is COc1ccc(OC)c(/C(C)=N/NC(=O)CC23CC4CC(CC(C4)C2)C3)c1. The normalized spacial score (nSPS) is 31.7. The zero-order chi connectivity index (χ0) is 19.0. The van der Waals surface area contributed by atoms with E-state index in [0.29, 0.717) is 17.9 Å². The van der Waals surface area contributed by atoms with Crippen LogP contribution in [0.2, 0.25) is 0 Å². The van der Waals surface area contributed by atoms with Crippen molar-refractivity contribution in [2.24, 2.45) is 28.3 Å². The van der Waals surface area contributed by atoms with E-state index in [1.807, 2.05) is 25.1 Å². The summed E-state index contributed by atoms with van der Waals surface area (Å²) in [4.78, 5) is 12.7. The quantitative estimate of drug-likeness (QED) is 0.604. The highest BCUT2D eigenvalue weighted by Crippen LogP contribution is 2.61. The average Bonchev–Trinajstić information content (AvgIpc) is 2.64. The lowest BCUT2D eigenvalue weighted by atomic mass is 9.49. The number of nitrogens with zero attached hydrogens (tertiary/aromatic N) is 1. The second-order valence-corrected chi connectivity index (χ2v) is 8.89. The van der Waals surface area contributed by atoms with E-state index >= 15 is 0 Å². The topological polar surface area (TPSA) is 59.9 Å². The Bertz CT molecular complexity index is 721. The number of ether oxygens (including phenoxy) is 2. The van der Waals surface area contributed by atoms with Gasteiger partial charge in [0.05, 0.1) is 19.9 Å². The summed E-state index contributed by atoms with van der Waals surface area (Å²) in [6.45, 7) is 1.88. The highest BCUT2D eigenvalue weighted by molar-refractivity contribution is 6.02. The highest BCUT2D eigenvalue weighted by Gasteiger charge is 2.51. The van der Waals surface area contributed by atoms with Crippen LogP contribution < -0.4 is 14.9 Å². The van der Waals surface area contributed by atoms with Crippen LogP contribution in [0.4, 0.5) is 0 Å². The van der Waals surface area contributed by atoms with Crippen LogP contribution in [0.15, 0.2) is 23.3 Å². The number of rotatable bonds is 6. The van der Waals surface area contributed by atoms with Gasteiger partial charge in [-0.15, -0.1) is 0 Å². The van der Waals surface area contributed by atoms with Crippen molar-refractivity contribution in [3.05, 3.63) is 23.8 Å². The van der Waals surface area contributed by atoms with Gasteiger partial charge in [-0.3, -0.25) is 4.79 Å². The minimum atomic E-state index is 0.0400. The largest absolute Gasteiger partial charge is 0.497 e. The summed E-state index contributed by atoms with van der Waals surface area (Å²) in [6.07, 6.45) is 8.51. The van der Waals surface area contributed by atoms with E-state index in [9.17, 15) is 4.79 Å². The van der Waals surface area contributed by atoms with Crippen LogP contribution in [0.5, 0.6) is 11.5 Å². The van der Waals surface area contributed by atoms with E-state index in [1.165, 1.54) is 38.5 Å². The molecule has 146 valence electrons. The molecule has 1 aromatic carbocycles. The molecule has 0 aliphatic heterocycles. The lowest BCUT2D eigenvalue weighted by Crippen LogP contribution is -2.47. The molecule has 0 saturated heterocycles. The van der Waals surface area contributed by atoms with Crippen molar-refractivity contribution in [3.63, 3.8) is 0 Å². The lowest BCUT2D eigenvalue weighted by molar-refractivity contribution is -0.129. The average molecular weight is 370 g/mol. The molecule has 5 heteroatoms. The van der Waals surface area contributed by atoms with Gasteiger partial charge in [0.15, 0.2) is 0 Å². The van der Waals surface area contributed by atoms with Gasteiger partial charge in [-0.2, -0.15) is 5.10 Å². The Morgan fingerprint density at radius 2 is 1.74 bits per heavy atom. The molecule has 5 nitrogen and oxygen atoms in total.